The molecule has 1 amide bonds. The lowest BCUT2D eigenvalue weighted by atomic mass is 9.52. The van der Waals surface area contributed by atoms with E-state index in [0.29, 0.717) is 0 Å². The standard InChI is InChI=1S/C19H27N3O/c1-3-22(18(23)5-4-14-12-20-21(2)13-14)19-9-15-6-16(10-19)8-17(7-15)11-19/h4-5,12-13,15-17H,3,6-11H2,1-2H3. The SMILES string of the molecule is CCN(C(=O)C=Cc1cnn(C)c1)C12CC3CC(CC(C3)C1)C2. The number of carbonyl (C=O) groups is 1. The van der Waals surface area contributed by atoms with Crippen LogP contribution in [-0.4, -0.2) is 32.7 Å². The summed E-state index contributed by atoms with van der Waals surface area (Å²) in [6.07, 6.45) is 15.3. The molecule has 0 N–H and O–H groups in total. The van der Waals surface area contributed by atoms with Crippen LogP contribution in [0.3, 0.4) is 0 Å². The Hall–Kier alpha value is -1.58. The number of aromatic nitrogens is 2. The van der Waals surface area contributed by atoms with Gasteiger partial charge in [-0.15, -0.1) is 0 Å². The summed E-state index contributed by atoms with van der Waals surface area (Å²) in [5.74, 6) is 2.78. The highest BCUT2D eigenvalue weighted by Gasteiger charge is 2.54. The van der Waals surface area contributed by atoms with Gasteiger partial charge in [0.05, 0.1) is 6.20 Å². The number of amides is 1. The number of nitrogens with zero attached hydrogens (tertiary/aromatic N) is 3. The molecule has 0 spiro atoms. The first-order valence-corrected chi connectivity index (χ1v) is 9.06. The second-order valence-corrected chi connectivity index (χ2v) is 8.01. The minimum absolute atomic E-state index is 0.153. The van der Waals surface area contributed by atoms with Crippen LogP contribution >= 0.6 is 0 Å². The quantitative estimate of drug-likeness (QED) is 0.800. The van der Waals surface area contributed by atoms with Crippen LogP contribution in [0, 0.1) is 17.8 Å². The Balaban J connectivity index is 1.54. The normalized spacial score (nSPS) is 35.1. The third-order valence-electron chi connectivity index (χ3n) is 6.30. The predicted molar refractivity (Wildman–Crippen MR) is 90.5 cm³/mol. The lowest BCUT2D eigenvalue weighted by molar-refractivity contribution is -0.145. The van der Waals surface area contributed by atoms with E-state index in [2.05, 4.69) is 16.9 Å². The summed E-state index contributed by atoms with van der Waals surface area (Å²) >= 11 is 0. The predicted octanol–water partition coefficient (Wildman–Crippen LogP) is 3.25. The third-order valence-corrected chi connectivity index (χ3v) is 6.30. The maximum absolute atomic E-state index is 12.9. The van der Waals surface area contributed by atoms with Gasteiger partial charge in [-0.1, -0.05) is 0 Å². The summed E-state index contributed by atoms with van der Waals surface area (Å²) < 4.78 is 1.76. The van der Waals surface area contributed by atoms with Gasteiger partial charge in [-0.3, -0.25) is 9.48 Å². The van der Waals surface area contributed by atoms with Crippen LogP contribution in [0.1, 0.15) is 51.0 Å². The number of aryl methyl sites for hydroxylation is 1. The van der Waals surface area contributed by atoms with Crippen LogP contribution in [0.4, 0.5) is 0 Å². The molecule has 1 aromatic rings. The van der Waals surface area contributed by atoms with Crippen molar-refractivity contribution in [3.05, 3.63) is 24.0 Å². The van der Waals surface area contributed by atoms with Gasteiger partial charge in [-0.2, -0.15) is 5.10 Å². The second-order valence-electron chi connectivity index (χ2n) is 8.01. The summed E-state index contributed by atoms with van der Waals surface area (Å²) in [6.45, 7) is 2.96. The summed E-state index contributed by atoms with van der Waals surface area (Å²) in [4.78, 5) is 15.1. The summed E-state index contributed by atoms with van der Waals surface area (Å²) in [6, 6.07) is 0. The monoisotopic (exact) mass is 313 g/mol. The average Bonchev–Trinajstić information content (AvgIpc) is 2.90. The molecule has 0 saturated heterocycles. The van der Waals surface area contributed by atoms with Crippen LogP contribution < -0.4 is 0 Å². The zero-order valence-corrected chi connectivity index (χ0v) is 14.2. The van der Waals surface area contributed by atoms with Gasteiger partial charge >= 0.3 is 0 Å². The highest BCUT2D eigenvalue weighted by Crippen LogP contribution is 2.57. The number of likely N-dealkylation sites (N-methyl/N-ethyl adjacent to an activating group) is 1. The van der Waals surface area contributed by atoms with Crippen molar-refractivity contribution in [2.24, 2.45) is 24.8 Å². The number of hydrogen-bond acceptors (Lipinski definition) is 2. The van der Waals surface area contributed by atoms with E-state index in [4.69, 9.17) is 0 Å². The van der Waals surface area contributed by atoms with Crippen molar-refractivity contribution in [1.82, 2.24) is 14.7 Å². The van der Waals surface area contributed by atoms with Gasteiger partial charge in [0, 0.05) is 37.0 Å². The minimum atomic E-state index is 0.153. The Morgan fingerprint density at radius 1 is 1.30 bits per heavy atom. The maximum Gasteiger partial charge on any atom is 0.247 e. The molecule has 4 heteroatoms. The number of hydrogen-bond donors (Lipinski definition) is 0. The van der Waals surface area contributed by atoms with Gasteiger partial charge in [-0.05, 0) is 69.3 Å². The largest absolute Gasteiger partial charge is 0.334 e. The maximum atomic E-state index is 12.9. The van der Waals surface area contributed by atoms with Crippen molar-refractivity contribution >= 4 is 12.0 Å². The lowest BCUT2D eigenvalue weighted by Crippen LogP contribution is -2.61. The molecule has 1 aromatic heterocycles. The zero-order chi connectivity index (χ0) is 16.0. The van der Waals surface area contributed by atoms with Crippen LogP contribution in [0.15, 0.2) is 18.5 Å². The Morgan fingerprint density at radius 3 is 2.39 bits per heavy atom. The average molecular weight is 313 g/mol. The van der Waals surface area contributed by atoms with Crippen molar-refractivity contribution in [3.8, 4) is 0 Å². The van der Waals surface area contributed by atoms with Crippen molar-refractivity contribution in [2.45, 2.75) is 51.0 Å². The van der Waals surface area contributed by atoms with Gasteiger partial charge in [0.1, 0.15) is 0 Å². The third kappa shape index (κ3) is 2.62. The molecule has 124 valence electrons. The highest BCUT2D eigenvalue weighted by atomic mass is 16.2. The fraction of sp³-hybridized carbons (Fsp3) is 0.684. The topological polar surface area (TPSA) is 38.1 Å². The first kappa shape index (κ1) is 15.0. The molecule has 0 radical (unpaired) electrons. The minimum Gasteiger partial charge on any atom is -0.334 e. The lowest BCUT2D eigenvalue weighted by Gasteiger charge is -2.60. The Kier molecular flexibility index (Phi) is 3.58. The molecule has 4 aliphatic carbocycles. The summed E-state index contributed by atoms with van der Waals surface area (Å²) in [5.41, 5.74) is 1.14. The van der Waals surface area contributed by atoms with E-state index in [1.54, 1.807) is 17.0 Å². The summed E-state index contributed by atoms with van der Waals surface area (Å²) in [5, 5.41) is 4.15. The highest BCUT2D eigenvalue weighted by molar-refractivity contribution is 5.92. The molecular formula is C19H27N3O. The van der Waals surface area contributed by atoms with E-state index in [9.17, 15) is 4.79 Å². The molecule has 23 heavy (non-hydrogen) atoms. The van der Waals surface area contributed by atoms with E-state index >= 15 is 0 Å². The van der Waals surface area contributed by atoms with Gasteiger partial charge in [0.15, 0.2) is 0 Å². The van der Waals surface area contributed by atoms with Crippen LogP contribution in [-0.2, 0) is 11.8 Å². The molecule has 5 rings (SSSR count). The molecule has 0 aromatic carbocycles. The van der Waals surface area contributed by atoms with Gasteiger partial charge in [0.25, 0.3) is 0 Å². The van der Waals surface area contributed by atoms with Gasteiger partial charge in [-0.25, -0.2) is 0 Å². The van der Waals surface area contributed by atoms with E-state index in [1.807, 2.05) is 19.3 Å². The van der Waals surface area contributed by atoms with Gasteiger partial charge < -0.3 is 4.90 Å². The van der Waals surface area contributed by atoms with Crippen molar-refractivity contribution in [1.29, 1.82) is 0 Å². The first-order chi connectivity index (χ1) is 11.1. The van der Waals surface area contributed by atoms with Crippen LogP contribution in [0.25, 0.3) is 6.08 Å². The Bertz CT molecular complexity index is 595. The van der Waals surface area contributed by atoms with E-state index < -0.39 is 0 Å². The van der Waals surface area contributed by atoms with Crippen molar-refractivity contribution in [2.75, 3.05) is 6.54 Å². The molecule has 4 aliphatic rings. The smallest absolute Gasteiger partial charge is 0.247 e. The Labute approximate surface area is 138 Å². The molecule has 4 fully saturated rings. The van der Waals surface area contributed by atoms with E-state index in [0.717, 1.165) is 29.9 Å². The molecule has 0 atom stereocenters. The summed E-state index contributed by atoms with van der Waals surface area (Å²) in [7, 11) is 1.90. The van der Waals surface area contributed by atoms with Crippen LogP contribution in [0.5, 0.6) is 0 Å². The fourth-order valence-electron chi connectivity index (χ4n) is 5.90. The molecule has 1 heterocycles. The van der Waals surface area contributed by atoms with Crippen molar-refractivity contribution in [3.63, 3.8) is 0 Å². The fourth-order valence-corrected chi connectivity index (χ4v) is 5.90. The van der Waals surface area contributed by atoms with E-state index in [1.165, 1.54) is 38.5 Å². The Morgan fingerprint density at radius 2 is 1.91 bits per heavy atom. The van der Waals surface area contributed by atoms with Gasteiger partial charge in [0.2, 0.25) is 5.91 Å². The zero-order valence-electron chi connectivity index (χ0n) is 14.2. The first-order valence-electron chi connectivity index (χ1n) is 9.06. The second kappa shape index (κ2) is 5.50. The molecule has 4 bridgehead atoms. The molecule has 4 nitrogen and oxygen atoms in total. The van der Waals surface area contributed by atoms with Crippen LogP contribution in [0.2, 0.25) is 0 Å². The van der Waals surface area contributed by atoms with E-state index in [-0.39, 0.29) is 11.4 Å². The number of rotatable bonds is 4. The molecular weight excluding hydrogens is 286 g/mol. The molecule has 0 unspecified atom stereocenters. The number of carbonyl (C=O) groups excluding carboxylic acids is 1. The van der Waals surface area contributed by atoms with Crippen molar-refractivity contribution < 1.29 is 4.79 Å². The molecule has 4 saturated carbocycles. The molecule has 0 aliphatic heterocycles.